The Labute approximate surface area is 222 Å². The van der Waals surface area contributed by atoms with E-state index in [1.807, 2.05) is 52.3 Å². The quantitative estimate of drug-likeness (QED) is 0.391. The van der Waals surface area contributed by atoms with Crippen LogP contribution in [0, 0.1) is 19.7 Å². The normalized spacial score (nSPS) is 13.6. The van der Waals surface area contributed by atoms with Crippen molar-refractivity contribution in [3.8, 4) is 0 Å². The molecule has 38 heavy (non-hydrogen) atoms. The van der Waals surface area contributed by atoms with Gasteiger partial charge < -0.3 is 16.0 Å². The molecule has 1 aromatic carbocycles. The smallest absolute Gasteiger partial charge is 0.329 e. The number of aryl methyl sites for hydroxylation is 1. The minimum absolute atomic E-state index is 0.0395. The van der Waals surface area contributed by atoms with Crippen molar-refractivity contribution in [1.82, 2.24) is 14.8 Å². The lowest BCUT2D eigenvalue weighted by Gasteiger charge is -2.39. The number of hydrogen-bond donors (Lipinski definition) is 3. The molecule has 3 heterocycles. The Bertz CT molecular complexity index is 1390. The summed E-state index contributed by atoms with van der Waals surface area (Å²) in [5.74, 6) is 0.0591. The molecule has 11 heteroatoms. The second-order valence-corrected chi connectivity index (χ2v) is 10.7. The van der Waals surface area contributed by atoms with Crippen molar-refractivity contribution in [2.45, 2.75) is 66.6 Å². The number of aromatic nitrogens is 3. The number of carbonyl (C=O) groups excluding carboxylic acids is 2. The lowest BCUT2D eigenvalue weighted by molar-refractivity contribution is 0.248. The average Bonchev–Trinajstić information content (AvgIpc) is 3.20. The van der Waals surface area contributed by atoms with Gasteiger partial charge in [0.15, 0.2) is 0 Å². The molecule has 4 rings (SSSR count). The third-order valence-corrected chi connectivity index (χ3v) is 6.48. The van der Waals surface area contributed by atoms with Gasteiger partial charge in [-0.15, -0.1) is 0 Å². The van der Waals surface area contributed by atoms with Gasteiger partial charge in [0.2, 0.25) is 0 Å². The lowest BCUT2D eigenvalue weighted by Crippen LogP contribution is -2.50. The van der Waals surface area contributed by atoms with E-state index in [1.54, 1.807) is 36.2 Å². The molecule has 2 aromatic heterocycles. The topological polar surface area (TPSA) is 107 Å². The molecule has 0 saturated heterocycles. The van der Waals surface area contributed by atoms with Gasteiger partial charge in [-0.1, -0.05) is 0 Å². The largest absolute Gasteiger partial charge is 0.373 e. The van der Waals surface area contributed by atoms with Crippen LogP contribution in [0.3, 0.4) is 0 Å². The van der Waals surface area contributed by atoms with Crippen LogP contribution < -0.4 is 25.8 Å². The fourth-order valence-corrected chi connectivity index (χ4v) is 4.65. The maximum absolute atomic E-state index is 15.0. The molecule has 202 valence electrons. The second kappa shape index (κ2) is 9.96. The van der Waals surface area contributed by atoms with Crippen LogP contribution >= 0.6 is 0 Å². The number of nitrogens with zero attached hydrogens (tertiary/aromatic N) is 5. The number of urea groups is 2. The van der Waals surface area contributed by atoms with Crippen LogP contribution in [-0.2, 0) is 12.1 Å². The zero-order valence-electron chi connectivity index (χ0n) is 23.1. The van der Waals surface area contributed by atoms with E-state index < -0.39 is 11.8 Å². The summed E-state index contributed by atoms with van der Waals surface area (Å²) in [6, 6.07) is 3.68. The summed E-state index contributed by atoms with van der Waals surface area (Å²) >= 11 is 0. The number of hydrogen-bond acceptors (Lipinski definition) is 5. The van der Waals surface area contributed by atoms with Gasteiger partial charge in [0, 0.05) is 30.9 Å². The van der Waals surface area contributed by atoms with E-state index in [0.717, 1.165) is 16.9 Å². The highest BCUT2D eigenvalue weighted by molar-refractivity contribution is 6.08. The van der Waals surface area contributed by atoms with E-state index in [1.165, 1.54) is 12.1 Å². The zero-order valence-corrected chi connectivity index (χ0v) is 23.1. The molecule has 3 N–H and O–H groups in total. The highest BCUT2D eigenvalue weighted by Crippen LogP contribution is 2.37. The Morgan fingerprint density at radius 1 is 1.05 bits per heavy atom. The Hall–Kier alpha value is -4.15. The Kier molecular flexibility index (Phi) is 7.05. The molecule has 0 radical (unpaired) electrons. The van der Waals surface area contributed by atoms with Crippen LogP contribution in [0.15, 0.2) is 30.6 Å². The highest BCUT2D eigenvalue weighted by Gasteiger charge is 2.34. The maximum Gasteiger partial charge on any atom is 0.329 e. The molecule has 4 amide bonds. The van der Waals surface area contributed by atoms with E-state index in [2.05, 4.69) is 26.0 Å². The predicted molar refractivity (Wildman–Crippen MR) is 149 cm³/mol. The first-order valence-electron chi connectivity index (χ1n) is 12.5. The van der Waals surface area contributed by atoms with Crippen molar-refractivity contribution in [1.29, 1.82) is 0 Å². The Balaban J connectivity index is 1.63. The summed E-state index contributed by atoms with van der Waals surface area (Å²) in [7, 11) is 1.77. The molecule has 1 aliphatic heterocycles. The molecule has 10 nitrogen and oxygen atoms in total. The molecule has 0 atom stereocenters. The predicted octanol–water partition coefficient (Wildman–Crippen LogP) is 5.83. The van der Waals surface area contributed by atoms with Gasteiger partial charge in [-0.2, -0.15) is 5.10 Å². The molecule has 0 saturated carbocycles. The number of halogens is 1. The van der Waals surface area contributed by atoms with Crippen molar-refractivity contribution >= 4 is 40.6 Å². The first-order valence-corrected chi connectivity index (χ1v) is 12.5. The minimum atomic E-state index is -0.613. The molecule has 0 bridgehead atoms. The lowest BCUT2D eigenvalue weighted by atomic mass is 10.1. The van der Waals surface area contributed by atoms with Gasteiger partial charge in [0.05, 0.1) is 46.7 Å². The summed E-state index contributed by atoms with van der Waals surface area (Å²) in [6.07, 6.45) is 3.30. The number of carbonyl (C=O) groups is 2. The first-order chi connectivity index (χ1) is 17.8. The SMILES string of the molecule is CNc1cc2c(cn1)CN(c1cc(NC(=O)Nc3cnn(C(C)(C)C)c3C)c(F)cc1C)C(=O)N2C(C)C. The Morgan fingerprint density at radius 3 is 2.34 bits per heavy atom. The van der Waals surface area contributed by atoms with Gasteiger partial charge >= 0.3 is 12.1 Å². The average molecular weight is 523 g/mol. The number of pyridine rings is 1. The summed E-state index contributed by atoms with van der Waals surface area (Å²) in [5.41, 5.74) is 3.71. The monoisotopic (exact) mass is 522 g/mol. The molecule has 0 fully saturated rings. The van der Waals surface area contributed by atoms with E-state index in [0.29, 0.717) is 22.8 Å². The van der Waals surface area contributed by atoms with Gasteiger partial charge in [-0.3, -0.25) is 14.5 Å². The van der Waals surface area contributed by atoms with Crippen LogP contribution in [0.1, 0.15) is 51.4 Å². The van der Waals surface area contributed by atoms with Crippen LogP contribution in [0.4, 0.5) is 42.5 Å². The highest BCUT2D eigenvalue weighted by atomic mass is 19.1. The number of anilines is 5. The Morgan fingerprint density at radius 2 is 1.74 bits per heavy atom. The summed E-state index contributed by atoms with van der Waals surface area (Å²) < 4.78 is 16.8. The van der Waals surface area contributed by atoms with Crippen molar-refractivity contribution in [3.63, 3.8) is 0 Å². The molecule has 3 aromatic rings. The molecule has 1 aliphatic rings. The molecule has 0 unspecified atom stereocenters. The van der Waals surface area contributed by atoms with Crippen molar-refractivity contribution in [3.05, 3.63) is 53.2 Å². The van der Waals surface area contributed by atoms with Crippen LogP contribution in [0.25, 0.3) is 0 Å². The van der Waals surface area contributed by atoms with Gasteiger partial charge in [-0.25, -0.2) is 19.0 Å². The van der Waals surface area contributed by atoms with Crippen molar-refractivity contribution in [2.24, 2.45) is 0 Å². The van der Waals surface area contributed by atoms with E-state index in [-0.39, 0.29) is 29.8 Å². The summed E-state index contributed by atoms with van der Waals surface area (Å²) in [6.45, 7) is 13.7. The van der Waals surface area contributed by atoms with Gasteiger partial charge in [0.1, 0.15) is 11.6 Å². The van der Waals surface area contributed by atoms with E-state index in [9.17, 15) is 14.0 Å². The van der Waals surface area contributed by atoms with Crippen LogP contribution in [0.2, 0.25) is 0 Å². The number of benzene rings is 1. The summed E-state index contributed by atoms with van der Waals surface area (Å²) in [5, 5.41) is 12.7. The molecule has 0 spiro atoms. The van der Waals surface area contributed by atoms with Crippen molar-refractivity contribution in [2.75, 3.05) is 32.8 Å². The fourth-order valence-electron chi connectivity index (χ4n) is 4.65. The van der Waals surface area contributed by atoms with Crippen molar-refractivity contribution < 1.29 is 14.0 Å². The molecular formula is C27H35FN8O2. The van der Waals surface area contributed by atoms with E-state index >= 15 is 0 Å². The standard InChI is InChI=1S/C27H35FN8O2/c1-15(2)35-23-11-24(29-8)30-12-18(23)14-34(26(35)38)22-10-20(19(28)9-16(22)3)32-25(37)33-21-13-31-36(17(21)4)27(5,6)7/h9-13,15H,14H2,1-8H3,(H,29,30)(H2,32,33,37). The minimum Gasteiger partial charge on any atom is -0.373 e. The number of fused-ring (bicyclic) bond motifs is 1. The van der Waals surface area contributed by atoms with Gasteiger partial charge in [0.25, 0.3) is 0 Å². The van der Waals surface area contributed by atoms with E-state index in [4.69, 9.17) is 0 Å². The maximum atomic E-state index is 15.0. The van der Waals surface area contributed by atoms with Crippen LogP contribution in [0.5, 0.6) is 0 Å². The summed E-state index contributed by atoms with van der Waals surface area (Å²) in [4.78, 5) is 34.2. The second-order valence-electron chi connectivity index (χ2n) is 10.7. The number of rotatable bonds is 5. The number of amides is 4. The fraction of sp³-hybridized carbons (Fsp3) is 0.407. The third-order valence-electron chi connectivity index (χ3n) is 6.48. The molecule has 0 aliphatic carbocycles. The number of nitrogens with one attached hydrogen (secondary N) is 3. The van der Waals surface area contributed by atoms with Gasteiger partial charge in [-0.05, 0) is 66.2 Å². The van der Waals surface area contributed by atoms with Crippen LogP contribution in [-0.4, -0.2) is 39.9 Å². The molecular weight excluding hydrogens is 487 g/mol. The third kappa shape index (κ3) is 5.00. The first kappa shape index (κ1) is 26.9. The zero-order chi connectivity index (χ0) is 27.9.